The van der Waals surface area contributed by atoms with Gasteiger partial charge in [0.2, 0.25) is 11.8 Å². The van der Waals surface area contributed by atoms with Crippen molar-refractivity contribution in [3.63, 3.8) is 0 Å². The minimum Gasteiger partial charge on any atom is -0.347 e. The average Bonchev–Trinajstić information content (AvgIpc) is 3.19. The Labute approximate surface area is 151 Å². The van der Waals surface area contributed by atoms with Gasteiger partial charge in [-0.3, -0.25) is 9.59 Å². The molecule has 2 aromatic rings. The van der Waals surface area contributed by atoms with E-state index in [-0.39, 0.29) is 23.7 Å². The van der Waals surface area contributed by atoms with Crippen LogP contribution in [0.15, 0.2) is 22.9 Å². The van der Waals surface area contributed by atoms with E-state index in [1.807, 2.05) is 37.0 Å². The smallest absolute Gasteiger partial charge is 0.270 e. The lowest BCUT2D eigenvalue weighted by Crippen LogP contribution is -2.49. The van der Waals surface area contributed by atoms with Gasteiger partial charge in [-0.1, -0.05) is 5.16 Å². The van der Waals surface area contributed by atoms with Crippen molar-refractivity contribution < 1.29 is 14.1 Å². The molecule has 4 rings (SSSR count). The zero-order valence-corrected chi connectivity index (χ0v) is 15.1. The molecule has 8 nitrogen and oxygen atoms in total. The second-order valence-electron chi connectivity index (χ2n) is 7.24. The summed E-state index contributed by atoms with van der Waals surface area (Å²) < 4.78 is 7.18. The molecule has 138 valence electrons. The standard InChI is InChI=1S/C18H23N5O3/c1-21-8-3-4-14(21)18(25)23-10-13(11-23)16-19-15(20-26-16)7-9-22(2)17(24)12-5-6-12/h3-4,8,12-13H,5-7,9-11H2,1-2H3. The van der Waals surface area contributed by atoms with E-state index in [2.05, 4.69) is 10.1 Å². The fourth-order valence-corrected chi connectivity index (χ4v) is 3.20. The summed E-state index contributed by atoms with van der Waals surface area (Å²) in [6.45, 7) is 1.77. The van der Waals surface area contributed by atoms with Crippen LogP contribution in [0.1, 0.15) is 41.0 Å². The second kappa shape index (κ2) is 6.59. The molecule has 0 atom stereocenters. The molecule has 2 aromatic heterocycles. The van der Waals surface area contributed by atoms with E-state index in [1.54, 1.807) is 9.80 Å². The number of hydrogen-bond donors (Lipinski definition) is 0. The quantitative estimate of drug-likeness (QED) is 0.772. The maximum atomic E-state index is 12.4. The first-order valence-corrected chi connectivity index (χ1v) is 9.01. The Bertz CT molecular complexity index is 816. The SMILES string of the molecule is CN(CCc1noc(C2CN(C(=O)c3cccn3C)C2)n1)C(=O)C1CC1. The fraction of sp³-hybridized carbons (Fsp3) is 0.556. The molecule has 1 aliphatic heterocycles. The summed E-state index contributed by atoms with van der Waals surface area (Å²) in [5, 5.41) is 4.01. The van der Waals surface area contributed by atoms with Gasteiger partial charge in [-0.05, 0) is 25.0 Å². The Morgan fingerprint density at radius 2 is 2.12 bits per heavy atom. The summed E-state index contributed by atoms with van der Waals surface area (Å²) in [5.41, 5.74) is 0.679. The molecule has 2 fully saturated rings. The molecule has 1 saturated carbocycles. The van der Waals surface area contributed by atoms with Gasteiger partial charge >= 0.3 is 0 Å². The van der Waals surface area contributed by atoms with Crippen LogP contribution < -0.4 is 0 Å². The third-order valence-corrected chi connectivity index (χ3v) is 5.14. The summed E-state index contributed by atoms with van der Waals surface area (Å²) in [6, 6.07) is 3.68. The van der Waals surface area contributed by atoms with Crippen LogP contribution >= 0.6 is 0 Å². The Kier molecular flexibility index (Phi) is 4.26. The van der Waals surface area contributed by atoms with E-state index < -0.39 is 0 Å². The number of carbonyl (C=O) groups is 2. The van der Waals surface area contributed by atoms with Gasteiger partial charge in [0.25, 0.3) is 5.91 Å². The monoisotopic (exact) mass is 357 g/mol. The molecular formula is C18H23N5O3. The molecule has 0 radical (unpaired) electrons. The Hall–Kier alpha value is -2.64. The topological polar surface area (TPSA) is 84.5 Å². The predicted molar refractivity (Wildman–Crippen MR) is 92.4 cm³/mol. The predicted octanol–water partition coefficient (Wildman–Crippen LogP) is 1.06. The molecule has 1 aliphatic carbocycles. The van der Waals surface area contributed by atoms with Gasteiger partial charge in [-0.25, -0.2) is 0 Å². The van der Waals surface area contributed by atoms with Crippen molar-refractivity contribution in [3.05, 3.63) is 35.7 Å². The van der Waals surface area contributed by atoms with Crippen molar-refractivity contribution in [1.29, 1.82) is 0 Å². The van der Waals surface area contributed by atoms with E-state index in [9.17, 15) is 9.59 Å². The summed E-state index contributed by atoms with van der Waals surface area (Å²) in [4.78, 5) is 32.3. The van der Waals surface area contributed by atoms with Crippen LogP contribution in [0.2, 0.25) is 0 Å². The fourth-order valence-electron chi connectivity index (χ4n) is 3.20. The summed E-state index contributed by atoms with van der Waals surface area (Å²) >= 11 is 0. The first-order valence-electron chi connectivity index (χ1n) is 9.01. The van der Waals surface area contributed by atoms with Crippen molar-refractivity contribution in [2.75, 3.05) is 26.7 Å². The number of likely N-dealkylation sites (N-methyl/N-ethyl adjacent to an activating group) is 1. The highest BCUT2D eigenvalue weighted by molar-refractivity contribution is 5.93. The third kappa shape index (κ3) is 3.23. The minimum atomic E-state index is 0.0219. The molecule has 2 aliphatic rings. The lowest BCUT2D eigenvalue weighted by Gasteiger charge is -2.37. The van der Waals surface area contributed by atoms with Crippen LogP contribution in [0.3, 0.4) is 0 Å². The van der Waals surface area contributed by atoms with Gasteiger partial charge < -0.3 is 18.9 Å². The maximum Gasteiger partial charge on any atom is 0.270 e. The molecule has 0 unspecified atom stereocenters. The molecule has 26 heavy (non-hydrogen) atoms. The molecule has 0 N–H and O–H groups in total. The van der Waals surface area contributed by atoms with E-state index in [0.717, 1.165) is 12.8 Å². The molecule has 2 amide bonds. The Morgan fingerprint density at radius 1 is 1.35 bits per heavy atom. The Balaban J connectivity index is 1.27. The van der Waals surface area contributed by atoms with Gasteiger partial charge in [0.05, 0.1) is 5.92 Å². The van der Waals surface area contributed by atoms with Crippen molar-refractivity contribution >= 4 is 11.8 Å². The van der Waals surface area contributed by atoms with Crippen LogP contribution in [-0.4, -0.2) is 63.0 Å². The maximum absolute atomic E-state index is 12.4. The van der Waals surface area contributed by atoms with Crippen molar-refractivity contribution in [2.45, 2.75) is 25.2 Å². The molecule has 1 saturated heterocycles. The number of aromatic nitrogens is 3. The highest BCUT2D eigenvalue weighted by Crippen LogP contribution is 2.30. The van der Waals surface area contributed by atoms with Crippen LogP contribution in [0, 0.1) is 5.92 Å². The van der Waals surface area contributed by atoms with Crippen molar-refractivity contribution in [3.8, 4) is 0 Å². The van der Waals surface area contributed by atoms with Gasteiger partial charge in [-0.2, -0.15) is 4.98 Å². The molecular weight excluding hydrogens is 334 g/mol. The van der Waals surface area contributed by atoms with Gasteiger partial charge in [-0.15, -0.1) is 0 Å². The minimum absolute atomic E-state index is 0.0219. The van der Waals surface area contributed by atoms with E-state index in [1.165, 1.54) is 0 Å². The van der Waals surface area contributed by atoms with Crippen LogP contribution in [0.25, 0.3) is 0 Å². The second-order valence-corrected chi connectivity index (χ2v) is 7.24. The summed E-state index contributed by atoms with van der Waals surface area (Å²) in [6.07, 6.45) is 4.46. The highest BCUT2D eigenvalue weighted by Gasteiger charge is 2.36. The zero-order valence-electron chi connectivity index (χ0n) is 15.1. The third-order valence-electron chi connectivity index (χ3n) is 5.14. The largest absolute Gasteiger partial charge is 0.347 e. The summed E-state index contributed by atoms with van der Waals surface area (Å²) in [5.74, 6) is 1.74. The number of amides is 2. The number of likely N-dealkylation sites (tertiary alicyclic amines) is 1. The molecule has 0 spiro atoms. The number of rotatable bonds is 6. The van der Waals surface area contributed by atoms with Gasteiger partial charge in [0, 0.05) is 52.3 Å². The van der Waals surface area contributed by atoms with E-state index in [4.69, 9.17) is 4.52 Å². The van der Waals surface area contributed by atoms with Crippen LogP contribution in [0.4, 0.5) is 0 Å². The number of aryl methyl sites for hydroxylation is 1. The normalized spacial score (nSPS) is 17.2. The van der Waals surface area contributed by atoms with Gasteiger partial charge in [0.15, 0.2) is 5.82 Å². The van der Waals surface area contributed by atoms with Crippen LogP contribution in [-0.2, 0) is 18.3 Å². The van der Waals surface area contributed by atoms with E-state index in [0.29, 0.717) is 43.5 Å². The molecule has 0 bridgehead atoms. The lowest BCUT2D eigenvalue weighted by molar-refractivity contribution is -0.131. The molecule has 0 aromatic carbocycles. The van der Waals surface area contributed by atoms with Crippen molar-refractivity contribution in [1.82, 2.24) is 24.5 Å². The average molecular weight is 357 g/mol. The molecule has 3 heterocycles. The lowest BCUT2D eigenvalue weighted by atomic mass is 9.99. The van der Waals surface area contributed by atoms with Crippen molar-refractivity contribution in [2.24, 2.45) is 13.0 Å². The van der Waals surface area contributed by atoms with E-state index >= 15 is 0 Å². The highest BCUT2D eigenvalue weighted by atomic mass is 16.5. The summed E-state index contributed by atoms with van der Waals surface area (Å²) in [7, 11) is 3.68. The number of hydrogen-bond acceptors (Lipinski definition) is 5. The number of carbonyl (C=O) groups excluding carboxylic acids is 2. The first-order chi connectivity index (χ1) is 12.5. The zero-order chi connectivity index (χ0) is 18.3. The number of nitrogens with zero attached hydrogens (tertiary/aromatic N) is 5. The first kappa shape index (κ1) is 16.8. The van der Waals surface area contributed by atoms with Crippen LogP contribution in [0.5, 0.6) is 0 Å². The van der Waals surface area contributed by atoms with Gasteiger partial charge in [0.1, 0.15) is 5.69 Å². The Morgan fingerprint density at radius 3 is 2.77 bits per heavy atom. The molecule has 8 heteroatoms.